The molecular formula is C23H23ClN2O. The quantitative estimate of drug-likeness (QED) is 0.664. The minimum absolute atomic E-state index is 0.0180. The van der Waals surface area contributed by atoms with Crippen molar-refractivity contribution in [1.29, 1.82) is 0 Å². The smallest absolute Gasteiger partial charge is 0.228 e. The summed E-state index contributed by atoms with van der Waals surface area (Å²) in [6.45, 7) is 2.64. The van der Waals surface area contributed by atoms with E-state index in [1.807, 2.05) is 42.5 Å². The summed E-state index contributed by atoms with van der Waals surface area (Å²) in [5.74, 6) is 0.130. The molecule has 1 amide bonds. The third-order valence-electron chi connectivity index (χ3n) is 5.19. The van der Waals surface area contributed by atoms with Gasteiger partial charge in [-0.2, -0.15) is 0 Å². The first-order chi connectivity index (χ1) is 13.2. The number of carbonyl (C=O) groups is 1. The van der Waals surface area contributed by atoms with Crippen LogP contribution in [-0.2, 0) is 11.3 Å². The number of benzene rings is 3. The first kappa shape index (κ1) is 18.0. The molecule has 0 aromatic heterocycles. The average molecular weight is 379 g/mol. The van der Waals surface area contributed by atoms with Gasteiger partial charge in [-0.25, -0.2) is 0 Å². The van der Waals surface area contributed by atoms with Crippen LogP contribution in [0.1, 0.15) is 18.4 Å². The Morgan fingerprint density at radius 2 is 1.89 bits per heavy atom. The average Bonchev–Trinajstić information content (AvgIpc) is 2.68. The van der Waals surface area contributed by atoms with Crippen molar-refractivity contribution >= 4 is 34.0 Å². The van der Waals surface area contributed by atoms with E-state index in [1.54, 1.807) is 0 Å². The zero-order valence-electron chi connectivity index (χ0n) is 15.2. The fourth-order valence-corrected chi connectivity index (χ4v) is 4.03. The summed E-state index contributed by atoms with van der Waals surface area (Å²) in [5, 5.41) is 6.19. The molecular weight excluding hydrogens is 356 g/mol. The van der Waals surface area contributed by atoms with Gasteiger partial charge in [-0.05, 0) is 60.0 Å². The standard InChI is InChI=1S/C23H23ClN2O/c24-21-9-3-5-17(13-21)15-26-12-4-8-20(16-26)23(27)25-22-11-10-18-6-1-2-7-19(18)14-22/h1-3,5-7,9-11,13-14,20H,4,8,12,15-16H2,(H,25,27). The van der Waals surface area contributed by atoms with Gasteiger partial charge in [0.1, 0.15) is 0 Å². The van der Waals surface area contributed by atoms with Crippen molar-refractivity contribution in [2.75, 3.05) is 18.4 Å². The molecule has 4 rings (SSSR count). The fraction of sp³-hybridized carbons (Fsp3) is 0.261. The Hall–Kier alpha value is -2.36. The Kier molecular flexibility index (Phi) is 5.42. The zero-order valence-corrected chi connectivity index (χ0v) is 16.0. The van der Waals surface area contributed by atoms with Crippen LogP contribution in [0.5, 0.6) is 0 Å². The largest absolute Gasteiger partial charge is 0.326 e. The minimum atomic E-state index is 0.0180. The van der Waals surface area contributed by atoms with Gasteiger partial charge in [0.2, 0.25) is 5.91 Å². The molecule has 1 atom stereocenters. The first-order valence-electron chi connectivity index (χ1n) is 9.44. The number of anilines is 1. The van der Waals surface area contributed by atoms with Crippen molar-refractivity contribution in [3.05, 3.63) is 77.3 Å². The van der Waals surface area contributed by atoms with E-state index >= 15 is 0 Å². The van der Waals surface area contributed by atoms with Gasteiger partial charge in [-0.3, -0.25) is 9.69 Å². The summed E-state index contributed by atoms with van der Waals surface area (Å²) >= 11 is 6.09. The molecule has 1 N–H and O–H groups in total. The Morgan fingerprint density at radius 1 is 1.04 bits per heavy atom. The molecule has 138 valence electrons. The van der Waals surface area contributed by atoms with Crippen LogP contribution >= 0.6 is 11.6 Å². The van der Waals surface area contributed by atoms with E-state index in [4.69, 9.17) is 11.6 Å². The zero-order chi connectivity index (χ0) is 18.6. The molecule has 0 aliphatic carbocycles. The number of nitrogens with one attached hydrogen (secondary N) is 1. The van der Waals surface area contributed by atoms with Gasteiger partial charge in [0, 0.05) is 23.8 Å². The molecule has 1 aliphatic heterocycles. The van der Waals surface area contributed by atoms with E-state index in [2.05, 4.69) is 34.5 Å². The van der Waals surface area contributed by atoms with Gasteiger partial charge >= 0.3 is 0 Å². The van der Waals surface area contributed by atoms with E-state index in [0.717, 1.165) is 48.6 Å². The third-order valence-corrected chi connectivity index (χ3v) is 5.42. The van der Waals surface area contributed by atoms with Crippen LogP contribution in [0.4, 0.5) is 5.69 Å². The summed E-state index contributed by atoms with van der Waals surface area (Å²) in [6.07, 6.45) is 1.97. The molecule has 1 aliphatic rings. The molecule has 0 saturated carbocycles. The van der Waals surface area contributed by atoms with E-state index in [0.29, 0.717) is 0 Å². The Labute approximate surface area is 164 Å². The molecule has 3 aromatic rings. The Morgan fingerprint density at radius 3 is 2.74 bits per heavy atom. The predicted octanol–water partition coefficient (Wildman–Crippen LogP) is 5.34. The summed E-state index contributed by atoms with van der Waals surface area (Å²) in [6, 6.07) is 22.2. The molecule has 0 radical (unpaired) electrons. The normalized spacial score (nSPS) is 17.7. The fourth-order valence-electron chi connectivity index (χ4n) is 3.82. The highest BCUT2D eigenvalue weighted by molar-refractivity contribution is 6.30. The van der Waals surface area contributed by atoms with Crippen LogP contribution < -0.4 is 5.32 Å². The lowest BCUT2D eigenvalue weighted by molar-refractivity contribution is -0.121. The monoisotopic (exact) mass is 378 g/mol. The van der Waals surface area contributed by atoms with E-state index in [9.17, 15) is 4.79 Å². The van der Waals surface area contributed by atoms with E-state index in [1.165, 1.54) is 10.9 Å². The third kappa shape index (κ3) is 4.49. The van der Waals surface area contributed by atoms with Crippen molar-refractivity contribution < 1.29 is 4.79 Å². The van der Waals surface area contributed by atoms with Crippen molar-refractivity contribution in [1.82, 2.24) is 4.90 Å². The molecule has 3 nitrogen and oxygen atoms in total. The van der Waals surface area contributed by atoms with Crippen LogP contribution in [0.3, 0.4) is 0 Å². The number of likely N-dealkylation sites (tertiary alicyclic amines) is 1. The van der Waals surface area contributed by atoms with Crippen molar-refractivity contribution in [2.24, 2.45) is 5.92 Å². The van der Waals surface area contributed by atoms with Gasteiger partial charge in [-0.15, -0.1) is 0 Å². The van der Waals surface area contributed by atoms with Gasteiger partial charge < -0.3 is 5.32 Å². The van der Waals surface area contributed by atoms with Gasteiger partial charge in [0.25, 0.3) is 0 Å². The maximum Gasteiger partial charge on any atom is 0.228 e. The van der Waals surface area contributed by atoms with Crippen LogP contribution in [0.15, 0.2) is 66.7 Å². The second-order valence-electron chi connectivity index (χ2n) is 7.26. The van der Waals surface area contributed by atoms with Gasteiger partial charge in [0.15, 0.2) is 0 Å². The number of hydrogen-bond donors (Lipinski definition) is 1. The first-order valence-corrected chi connectivity index (χ1v) is 9.82. The van der Waals surface area contributed by atoms with E-state index < -0.39 is 0 Å². The highest BCUT2D eigenvalue weighted by Crippen LogP contribution is 2.23. The second-order valence-corrected chi connectivity index (χ2v) is 7.69. The molecule has 0 bridgehead atoms. The highest BCUT2D eigenvalue weighted by atomic mass is 35.5. The second kappa shape index (κ2) is 8.12. The molecule has 1 fully saturated rings. The molecule has 4 heteroatoms. The van der Waals surface area contributed by atoms with Gasteiger partial charge in [-0.1, -0.05) is 54.1 Å². The number of amides is 1. The molecule has 27 heavy (non-hydrogen) atoms. The van der Waals surface area contributed by atoms with Crippen molar-refractivity contribution in [3.63, 3.8) is 0 Å². The van der Waals surface area contributed by atoms with Crippen molar-refractivity contribution in [3.8, 4) is 0 Å². The number of carbonyl (C=O) groups excluding carboxylic acids is 1. The number of nitrogens with zero attached hydrogens (tertiary/aromatic N) is 1. The highest BCUT2D eigenvalue weighted by Gasteiger charge is 2.26. The number of halogens is 1. The van der Waals surface area contributed by atoms with Crippen molar-refractivity contribution in [2.45, 2.75) is 19.4 Å². The number of piperidine rings is 1. The SMILES string of the molecule is O=C(Nc1ccc2ccccc2c1)C1CCCN(Cc2cccc(Cl)c2)C1. The van der Waals surface area contributed by atoms with Crippen LogP contribution in [0.2, 0.25) is 5.02 Å². The molecule has 0 spiro atoms. The maximum atomic E-state index is 12.8. The summed E-state index contributed by atoms with van der Waals surface area (Å²) < 4.78 is 0. The van der Waals surface area contributed by atoms with Gasteiger partial charge in [0.05, 0.1) is 5.92 Å². The number of rotatable bonds is 4. The molecule has 1 unspecified atom stereocenters. The Bertz CT molecular complexity index is 956. The summed E-state index contributed by atoms with van der Waals surface area (Å²) in [4.78, 5) is 15.1. The lowest BCUT2D eigenvalue weighted by Crippen LogP contribution is -2.40. The maximum absolute atomic E-state index is 12.8. The van der Waals surface area contributed by atoms with Crippen LogP contribution in [-0.4, -0.2) is 23.9 Å². The lowest BCUT2D eigenvalue weighted by Gasteiger charge is -2.32. The Balaban J connectivity index is 1.40. The number of fused-ring (bicyclic) bond motifs is 1. The van der Waals surface area contributed by atoms with Crippen LogP contribution in [0.25, 0.3) is 10.8 Å². The minimum Gasteiger partial charge on any atom is -0.326 e. The van der Waals surface area contributed by atoms with Crippen LogP contribution in [0, 0.1) is 5.92 Å². The molecule has 1 saturated heterocycles. The van der Waals surface area contributed by atoms with E-state index in [-0.39, 0.29) is 11.8 Å². The number of hydrogen-bond acceptors (Lipinski definition) is 2. The topological polar surface area (TPSA) is 32.3 Å². The molecule has 3 aromatic carbocycles. The predicted molar refractivity (Wildman–Crippen MR) is 112 cm³/mol. The summed E-state index contributed by atoms with van der Waals surface area (Å²) in [7, 11) is 0. The lowest BCUT2D eigenvalue weighted by atomic mass is 9.96. The summed E-state index contributed by atoms with van der Waals surface area (Å²) in [5.41, 5.74) is 2.06. The molecule has 1 heterocycles.